The number of aromatic nitrogens is 2. The van der Waals surface area contributed by atoms with Crippen molar-refractivity contribution in [3.05, 3.63) is 44.6 Å². The quantitative estimate of drug-likeness (QED) is 0.821. The lowest BCUT2D eigenvalue weighted by Crippen LogP contribution is -2.16. The minimum Gasteiger partial charge on any atom is -0.199 e. The first-order valence-electron chi connectivity index (χ1n) is 5.48. The van der Waals surface area contributed by atoms with Crippen molar-refractivity contribution < 1.29 is 8.42 Å². The van der Waals surface area contributed by atoms with Crippen LogP contribution in [0.3, 0.4) is 0 Å². The summed E-state index contributed by atoms with van der Waals surface area (Å²) in [5.74, 6) is 0. The van der Waals surface area contributed by atoms with E-state index in [0.29, 0.717) is 20.9 Å². The number of hydrogen-bond acceptors (Lipinski definition) is 3. The molecule has 0 bridgehead atoms. The van der Waals surface area contributed by atoms with Crippen molar-refractivity contribution in [2.75, 3.05) is 0 Å². The van der Waals surface area contributed by atoms with Gasteiger partial charge in [-0.2, -0.15) is 17.6 Å². The van der Waals surface area contributed by atoms with Gasteiger partial charge in [0.15, 0.2) is 0 Å². The Bertz CT molecular complexity index is 753. The maximum absolute atomic E-state index is 12.6. The molecule has 1 heterocycles. The third kappa shape index (κ3) is 2.57. The number of rotatable bonds is 2. The first kappa shape index (κ1) is 14.6. The maximum atomic E-state index is 12.6. The monoisotopic (exact) mass is 362 g/mol. The molecule has 1 aromatic carbocycles. The van der Waals surface area contributed by atoms with Gasteiger partial charge in [-0.15, -0.1) is 0 Å². The van der Waals surface area contributed by atoms with Crippen molar-refractivity contribution in [3.8, 4) is 0 Å². The molecule has 0 unspecified atom stereocenters. The molecule has 0 aliphatic rings. The van der Waals surface area contributed by atoms with Gasteiger partial charge in [0.05, 0.1) is 11.4 Å². The van der Waals surface area contributed by atoms with Crippen LogP contribution in [0.25, 0.3) is 0 Å². The molecule has 0 radical (unpaired) electrons. The van der Waals surface area contributed by atoms with Gasteiger partial charge in [-0.3, -0.25) is 0 Å². The Kier molecular flexibility index (Phi) is 3.77. The van der Waals surface area contributed by atoms with Gasteiger partial charge in [0, 0.05) is 9.50 Å². The predicted octanol–water partition coefficient (Wildman–Crippen LogP) is 3.46. The molecule has 4 nitrogen and oxygen atoms in total. The largest absolute Gasteiger partial charge is 0.284 e. The van der Waals surface area contributed by atoms with E-state index in [1.54, 1.807) is 26.0 Å². The van der Waals surface area contributed by atoms with E-state index in [2.05, 4.69) is 21.0 Å². The molecule has 0 spiro atoms. The molecule has 0 fully saturated rings. The number of nitrogens with zero attached hydrogens (tertiary/aromatic N) is 2. The summed E-state index contributed by atoms with van der Waals surface area (Å²) in [5, 5.41) is 4.42. The number of halogens is 2. The lowest BCUT2D eigenvalue weighted by molar-refractivity contribution is 0.577. The predicted molar refractivity (Wildman–Crippen MR) is 78.2 cm³/mol. The second kappa shape index (κ2) is 4.92. The van der Waals surface area contributed by atoms with Crippen molar-refractivity contribution in [1.82, 2.24) is 9.19 Å². The summed E-state index contributed by atoms with van der Waals surface area (Å²) in [4.78, 5) is 0.106. The van der Waals surface area contributed by atoms with E-state index in [1.165, 1.54) is 6.07 Å². The Morgan fingerprint density at radius 3 is 2.37 bits per heavy atom. The highest BCUT2D eigenvalue weighted by Gasteiger charge is 2.24. The van der Waals surface area contributed by atoms with Crippen LogP contribution in [-0.2, 0) is 10.0 Å². The lowest BCUT2D eigenvalue weighted by atomic mass is 10.2. The second-order valence-corrected chi connectivity index (χ2v) is 7.30. The zero-order chi connectivity index (χ0) is 14.4. The number of benzene rings is 1. The van der Waals surface area contributed by atoms with E-state index >= 15 is 0 Å². The maximum Gasteiger partial charge on any atom is 0.284 e. The molecule has 2 rings (SSSR count). The van der Waals surface area contributed by atoms with E-state index in [1.807, 2.05) is 6.92 Å². The Labute approximate surface area is 125 Å². The smallest absolute Gasteiger partial charge is 0.199 e. The van der Waals surface area contributed by atoms with Crippen molar-refractivity contribution in [2.24, 2.45) is 0 Å². The zero-order valence-corrected chi connectivity index (χ0v) is 13.8. The van der Waals surface area contributed by atoms with Crippen LogP contribution in [0.5, 0.6) is 0 Å². The second-order valence-electron chi connectivity index (χ2n) is 4.31. The van der Waals surface area contributed by atoms with Gasteiger partial charge >= 0.3 is 0 Å². The van der Waals surface area contributed by atoms with E-state index < -0.39 is 10.0 Å². The van der Waals surface area contributed by atoms with Gasteiger partial charge in [-0.25, -0.2) is 0 Å². The fraction of sp³-hybridized carbons (Fsp3) is 0.250. The molecule has 0 aliphatic heterocycles. The van der Waals surface area contributed by atoms with E-state index in [9.17, 15) is 8.42 Å². The average molecular weight is 364 g/mol. The van der Waals surface area contributed by atoms with Crippen LogP contribution in [0.2, 0.25) is 5.02 Å². The van der Waals surface area contributed by atoms with Crippen LogP contribution in [0.1, 0.15) is 17.0 Å². The van der Waals surface area contributed by atoms with E-state index in [-0.39, 0.29) is 4.90 Å². The molecule has 19 heavy (non-hydrogen) atoms. The van der Waals surface area contributed by atoms with Crippen LogP contribution >= 0.6 is 27.5 Å². The molecule has 0 aliphatic carbocycles. The third-order valence-corrected chi connectivity index (χ3v) is 5.73. The molecule has 0 saturated heterocycles. The topological polar surface area (TPSA) is 52.0 Å². The van der Waals surface area contributed by atoms with Crippen molar-refractivity contribution in [3.63, 3.8) is 0 Å². The molecule has 2 aromatic rings. The van der Waals surface area contributed by atoms with Crippen LogP contribution < -0.4 is 0 Å². The highest BCUT2D eigenvalue weighted by molar-refractivity contribution is 9.10. The summed E-state index contributed by atoms with van der Waals surface area (Å²) in [7, 11) is -3.74. The lowest BCUT2D eigenvalue weighted by Gasteiger charge is -2.10. The van der Waals surface area contributed by atoms with Gasteiger partial charge in [0.2, 0.25) is 0 Å². The molecular weight excluding hydrogens is 352 g/mol. The fourth-order valence-corrected chi connectivity index (χ4v) is 4.50. The van der Waals surface area contributed by atoms with Crippen LogP contribution in [0.4, 0.5) is 0 Å². The van der Waals surface area contributed by atoms with Crippen LogP contribution in [0, 0.1) is 20.8 Å². The van der Waals surface area contributed by atoms with Crippen molar-refractivity contribution in [2.45, 2.75) is 25.7 Å². The first-order chi connectivity index (χ1) is 8.73. The Balaban J connectivity index is 2.70. The molecule has 1 aromatic heterocycles. The molecular formula is C12H12BrClN2O2S. The number of hydrogen-bond donors (Lipinski definition) is 0. The zero-order valence-electron chi connectivity index (χ0n) is 10.6. The fourth-order valence-electron chi connectivity index (χ4n) is 1.77. The van der Waals surface area contributed by atoms with Crippen molar-refractivity contribution in [1.29, 1.82) is 0 Å². The minimum atomic E-state index is -3.74. The van der Waals surface area contributed by atoms with Crippen LogP contribution in [-0.4, -0.2) is 17.6 Å². The number of aryl methyl sites for hydroxylation is 3. The summed E-state index contributed by atoms with van der Waals surface area (Å²) < 4.78 is 26.6. The minimum absolute atomic E-state index is 0.106. The van der Waals surface area contributed by atoms with Crippen LogP contribution in [0.15, 0.2) is 27.6 Å². The summed E-state index contributed by atoms with van der Waals surface area (Å²) in [6.45, 7) is 5.25. The Hall–Kier alpha value is -0.850. The first-order valence-corrected chi connectivity index (χ1v) is 8.09. The molecule has 7 heteroatoms. The van der Waals surface area contributed by atoms with Gasteiger partial charge in [-0.1, -0.05) is 11.6 Å². The highest BCUT2D eigenvalue weighted by Crippen LogP contribution is 2.30. The van der Waals surface area contributed by atoms with Gasteiger partial charge in [-0.05, 0) is 60.5 Å². The van der Waals surface area contributed by atoms with Gasteiger partial charge in [0.25, 0.3) is 10.0 Å². The van der Waals surface area contributed by atoms with E-state index in [4.69, 9.17) is 11.6 Å². The summed E-state index contributed by atoms with van der Waals surface area (Å²) >= 11 is 9.28. The highest BCUT2D eigenvalue weighted by atomic mass is 79.9. The van der Waals surface area contributed by atoms with Gasteiger partial charge in [0.1, 0.15) is 4.90 Å². The SMILES string of the molecule is Cc1cc(C)n(S(=O)(=O)c2cc(Cl)c(C)cc2Br)n1. The molecule has 0 saturated carbocycles. The average Bonchev–Trinajstić information content (AvgIpc) is 2.63. The summed E-state index contributed by atoms with van der Waals surface area (Å²) in [6.07, 6.45) is 0. The Morgan fingerprint density at radius 1 is 1.21 bits per heavy atom. The summed E-state index contributed by atoms with van der Waals surface area (Å²) in [6, 6.07) is 4.83. The third-order valence-electron chi connectivity index (χ3n) is 2.69. The molecule has 0 N–H and O–H groups in total. The van der Waals surface area contributed by atoms with Gasteiger partial charge < -0.3 is 0 Å². The molecule has 0 amide bonds. The van der Waals surface area contributed by atoms with E-state index in [0.717, 1.165) is 9.65 Å². The molecule has 102 valence electrons. The summed E-state index contributed by atoms with van der Waals surface area (Å²) in [5.41, 5.74) is 2.01. The molecule has 0 atom stereocenters. The normalized spacial score (nSPS) is 11.8. The Morgan fingerprint density at radius 2 is 1.84 bits per heavy atom. The standard InChI is InChI=1S/C12H12BrClN2O2S/c1-7-4-10(13)12(6-11(7)14)19(17,18)16-9(3)5-8(2)15-16/h4-6H,1-3H3. The van der Waals surface area contributed by atoms with Crippen molar-refractivity contribution >= 4 is 37.6 Å².